The minimum atomic E-state index is 0.667. The van der Waals surface area contributed by atoms with E-state index in [2.05, 4.69) is 35.2 Å². The molecule has 106 valence electrons. The van der Waals surface area contributed by atoms with E-state index in [1.54, 1.807) is 4.68 Å². The fourth-order valence-electron chi connectivity index (χ4n) is 2.54. The number of hydrogen-bond acceptors (Lipinski definition) is 3. The number of nitrogens with zero attached hydrogens (tertiary/aromatic N) is 3. The number of aryl methyl sites for hydroxylation is 3. The van der Waals surface area contributed by atoms with Crippen molar-refractivity contribution in [1.29, 1.82) is 0 Å². The average molecular weight is 278 g/mol. The van der Waals surface area contributed by atoms with Gasteiger partial charge in [0.2, 0.25) is 0 Å². The third kappa shape index (κ3) is 2.29. The topological polar surface area (TPSA) is 56.7 Å². The highest BCUT2D eigenvalue weighted by Gasteiger charge is 2.18. The minimum Gasteiger partial charge on any atom is -0.383 e. The van der Waals surface area contributed by atoms with Gasteiger partial charge in [-0.3, -0.25) is 9.67 Å². The number of nitrogen functional groups attached to an aromatic ring is 1. The van der Waals surface area contributed by atoms with Crippen molar-refractivity contribution in [2.45, 2.75) is 13.8 Å². The molecule has 0 spiro atoms. The van der Waals surface area contributed by atoms with Gasteiger partial charge >= 0.3 is 0 Å². The first kappa shape index (κ1) is 13.4. The molecule has 3 rings (SSSR count). The molecule has 3 aromatic rings. The largest absolute Gasteiger partial charge is 0.383 e. The van der Waals surface area contributed by atoms with Gasteiger partial charge < -0.3 is 5.73 Å². The van der Waals surface area contributed by atoms with E-state index in [-0.39, 0.29) is 0 Å². The third-order valence-corrected chi connectivity index (χ3v) is 3.65. The predicted octanol–water partition coefficient (Wildman–Crippen LogP) is 3.35. The van der Waals surface area contributed by atoms with Crippen LogP contribution in [0.4, 0.5) is 5.82 Å². The van der Waals surface area contributed by atoms with Gasteiger partial charge in [0.25, 0.3) is 0 Å². The summed E-state index contributed by atoms with van der Waals surface area (Å²) in [5, 5.41) is 4.59. The maximum Gasteiger partial charge on any atom is 0.129 e. The van der Waals surface area contributed by atoms with E-state index in [9.17, 15) is 0 Å². The lowest BCUT2D eigenvalue weighted by Crippen LogP contribution is -1.98. The average Bonchev–Trinajstić information content (AvgIpc) is 2.76. The molecule has 0 aliphatic heterocycles. The first-order chi connectivity index (χ1) is 10.1. The highest BCUT2D eigenvalue weighted by molar-refractivity contribution is 5.89. The summed E-state index contributed by atoms with van der Waals surface area (Å²) in [6.45, 7) is 4.11. The standard InChI is InChI=1S/C17H18N4/c1-11-8-13(10-19-9-11)16-15(17(18)21(3)20-16)14-7-5-4-6-12(14)2/h4-10H,18H2,1-3H3. The van der Waals surface area contributed by atoms with Crippen LogP contribution in [0, 0.1) is 13.8 Å². The minimum absolute atomic E-state index is 0.667. The summed E-state index contributed by atoms with van der Waals surface area (Å²) >= 11 is 0. The highest BCUT2D eigenvalue weighted by Crippen LogP contribution is 2.37. The van der Waals surface area contributed by atoms with Crippen LogP contribution in [-0.4, -0.2) is 14.8 Å². The van der Waals surface area contributed by atoms with E-state index in [4.69, 9.17) is 5.73 Å². The van der Waals surface area contributed by atoms with E-state index in [1.165, 1.54) is 5.56 Å². The van der Waals surface area contributed by atoms with Crippen molar-refractivity contribution in [2.75, 3.05) is 5.73 Å². The summed E-state index contributed by atoms with van der Waals surface area (Å²) in [6.07, 6.45) is 3.67. The van der Waals surface area contributed by atoms with E-state index < -0.39 is 0 Å². The van der Waals surface area contributed by atoms with Crippen LogP contribution in [0.2, 0.25) is 0 Å². The Kier molecular flexibility index (Phi) is 3.22. The Hall–Kier alpha value is -2.62. The van der Waals surface area contributed by atoms with Crippen molar-refractivity contribution in [3.05, 3.63) is 53.9 Å². The molecule has 0 unspecified atom stereocenters. The lowest BCUT2D eigenvalue weighted by atomic mass is 9.97. The van der Waals surface area contributed by atoms with Crippen LogP contribution in [-0.2, 0) is 7.05 Å². The molecule has 0 radical (unpaired) electrons. The Labute approximate surface area is 124 Å². The number of rotatable bonds is 2. The quantitative estimate of drug-likeness (QED) is 0.782. The highest BCUT2D eigenvalue weighted by atomic mass is 15.3. The van der Waals surface area contributed by atoms with Crippen molar-refractivity contribution >= 4 is 5.82 Å². The van der Waals surface area contributed by atoms with Crippen LogP contribution in [0.1, 0.15) is 11.1 Å². The molecule has 21 heavy (non-hydrogen) atoms. The Morgan fingerprint density at radius 3 is 2.57 bits per heavy atom. The lowest BCUT2D eigenvalue weighted by molar-refractivity contribution is 0.782. The molecule has 0 saturated heterocycles. The van der Waals surface area contributed by atoms with Crippen molar-refractivity contribution in [2.24, 2.45) is 7.05 Å². The maximum atomic E-state index is 6.26. The van der Waals surface area contributed by atoms with Gasteiger partial charge in [-0.1, -0.05) is 24.3 Å². The summed E-state index contributed by atoms with van der Waals surface area (Å²) in [4.78, 5) is 4.27. The zero-order chi connectivity index (χ0) is 15.0. The van der Waals surface area contributed by atoms with Crippen LogP contribution in [0.5, 0.6) is 0 Å². The zero-order valence-corrected chi connectivity index (χ0v) is 12.5. The van der Waals surface area contributed by atoms with Crippen LogP contribution in [0.25, 0.3) is 22.4 Å². The molecule has 0 atom stereocenters. The van der Waals surface area contributed by atoms with E-state index in [0.29, 0.717) is 5.82 Å². The molecule has 0 aliphatic carbocycles. The molecule has 1 aromatic carbocycles. The van der Waals surface area contributed by atoms with Gasteiger partial charge in [0, 0.05) is 25.0 Å². The van der Waals surface area contributed by atoms with E-state index >= 15 is 0 Å². The first-order valence-corrected chi connectivity index (χ1v) is 6.88. The van der Waals surface area contributed by atoms with Crippen molar-refractivity contribution in [1.82, 2.24) is 14.8 Å². The fourth-order valence-corrected chi connectivity index (χ4v) is 2.54. The third-order valence-electron chi connectivity index (χ3n) is 3.65. The van der Waals surface area contributed by atoms with Crippen molar-refractivity contribution in [3.8, 4) is 22.4 Å². The van der Waals surface area contributed by atoms with Crippen molar-refractivity contribution in [3.63, 3.8) is 0 Å². The summed E-state index contributed by atoms with van der Waals surface area (Å²) in [5.41, 5.74) is 12.5. The van der Waals surface area contributed by atoms with Crippen LogP contribution >= 0.6 is 0 Å². The van der Waals surface area contributed by atoms with E-state index in [0.717, 1.165) is 27.9 Å². The zero-order valence-electron chi connectivity index (χ0n) is 12.5. The van der Waals surface area contributed by atoms with Gasteiger partial charge in [-0.25, -0.2) is 0 Å². The molecule has 4 heteroatoms. The number of pyridine rings is 1. The molecular formula is C17H18N4. The molecule has 2 heterocycles. The Bertz CT molecular complexity index is 802. The number of aromatic nitrogens is 3. The predicted molar refractivity (Wildman–Crippen MR) is 85.8 cm³/mol. The van der Waals surface area contributed by atoms with Gasteiger partial charge in [0.15, 0.2) is 0 Å². The molecule has 0 amide bonds. The maximum absolute atomic E-state index is 6.26. The molecular weight excluding hydrogens is 260 g/mol. The van der Waals surface area contributed by atoms with Gasteiger partial charge in [-0.2, -0.15) is 5.10 Å². The summed E-state index contributed by atoms with van der Waals surface area (Å²) in [6, 6.07) is 10.3. The first-order valence-electron chi connectivity index (χ1n) is 6.88. The van der Waals surface area contributed by atoms with Gasteiger partial charge in [-0.15, -0.1) is 0 Å². The number of benzene rings is 1. The normalized spacial score (nSPS) is 10.8. The Morgan fingerprint density at radius 2 is 1.86 bits per heavy atom. The van der Waals surface area contributed by atoms with Crippen LogP contribution in [0.3, 0.4) is 0 Å². The second-order valence-corrected chi connectivity index (χ2v) is 5.30. The molecule has 2 N–H and O–H groups in total. The number of hydrogen-bond donors (Lipinski definition) is 1. The summed E-state index contributed by atoms with van der Waals surface area (Å²) in [7, 11) is 1.86. The molecule has 4 nitrogen and oxygen atoms in total. The van der Waals surface area contributed by atoms with Gasteiger partial charge in [0.1, 0.15) is 11.5 Å². The van der Waals surface area contributed by atoms with Crippen LogP contribution in [0.15, 0.2) is 42.7 Å². The lowest BCUT2D eigenvalue weighted by Gasteiger charge is -2.08. The SMILES string of the molecule is Cc1cncc(-c2nn(C)c(N)c2-c2ccccc2C)c1. The number of anilines is 1. The Balaban J connectivity index is 2.29. The molecule has 0 fully saturated rings. The summed E-state index contributed by atoms with van der Waals surface area (Å²) in [5.74, 6) is 0.667. The van der Waals surface area contributed by atoms with Crippen LogP contribution < -0.4 is 5.73 Å². The summed E-state index contributed by atoms with van der Waals surface area (Å²) < 4.78 is 1.72. The monoisotopic (exact) mass is 278 g/mol. The van der Waals surface area contributed by atoms with Crippen molar-refractivity contribution < 1.29 is 0 Å². The molecule has 0 bridgehead atoms. The number of nitrogens with two attached hydrogens (primary N) is 1. The van der Waals surface area contributed by atoms with Gasteiger partial charge in [-0.05, 0) is 36.6 Å². The second-order valence-electron chi connectivity index (χ2n) is 5.30. The Morgan fingerprint density at radius 1 is 1.10 bits per heavy atom. The van der Waals surface area contributed by atoms with Gasteiger partial charge in [0.05, 0.1) is 5.56 Å². The molecule has 0 aliphatic rings. The smallest absolute Gasteiger partial charge is 0.129 e. The second kappa shape index (κ2) is 5.05. The van der Waals surface area contributed by atoms with E-state index in [1.807, 2.05) is 38.5 Å². The molecule has 0 saturated carbocycles. The fraction of sp³-hybridized carbons (Fsp3) is 0.176. The molecule has 2 aromatic heterocycles.